The van der Waals surface area contributed by atoms with Crippen LogP contribution >= 0.6 is 0 Å². The summed E-state index contributed by atoms with van der Waals surface area (Å²) in [5.41, 5.74) is 4.55. The Hall–Kier alpha value is -2.94. The van der Waals surface area contributed by atoms with E-state index in [0.717, 1.165) is 28.4 Å². The minimum atomic E-state index is -0.198. The highest BCUT2D eigenvalue weighted by molar-refractivity contribution is 5.82. The van der Waals surface area contributed by atoms with Gasteiger partial charge in [0.05, 0.1) is 12.8 Å². The summed E-state index contributed by atoms with van der Waals surface area (Å²) in [5.74, 6) is 1.08. The number of hydrogen-bond donors (Lipinski definition) is 1. The molecule has 0 aliphatic carbocycles. The average molecular weight is 404 g/mol. The summed E-state index contributed by atoms with van der Waals surface area (Å²) in [5, 5.41) is 11.5. The van der Waals surface area contributed by atoms with Crippen molar-refractivity contribution in [2.75, 3.05) is 12.0 Å². The molecule has 30 heavy (non-hydrogen) atoms. The summed E-state index contributed by atoms with van der Waals surface area (Å²) >= 11 is 0. The molecule has 0 bridgehead atoms. The Balaban J connectivity index is 2.35. The molecule has 0 aromatic heterocycles. The summed E-state index contributed by atoms with van der Waals surface area (Å²) in [4.78, 5) is 2.10. The summed E-state index contributed by atoms with van der Waals surface area (Å²) in [6.07, 6.45) is 0. The monoisotopic (exact) mass is 403 g/mol. The number of ether oxygens (including phenoxy) is 1. The third kappa shape index (κ3) is 4.46. The summed E-state index contributed by atoms with van der Waals surface area (Å²) in [7, 11) is 1.67. The molecule has 3 heteroatoms. The number of aromatic hydroxyl groups is 1. The largest absolute Gasteiger partial charge is 0.505 e. The van der Waals surface area contributed by atoms with Crippen molar-refractivity contribution in [3.63, 3.8) is 0 Å². The Labute approximate surface area is 180 Å². The number of benzene rings is 3. The molecule has 0 amide bonds. The quantitative estimate of drug-likeness (QED) is 0.490. The van der Waals surface area contributed by atoms with Crippen LogP contribution in [-0.4, -0.2) is 12.2 Å². The van der Waals surface area contributed by atoms with Gasteiger partial charge in [-0.05, 0) is 46.7 Å². The maximum atomic E-state index is 11.5. The van der Waals surface area contributed by atoms with Crippen LogP contribution < -0.4 is 9.64 Å². The maximum absolute atomic E-state index is 11.5. The van der Waals surface area contributed by atoms with Gasteiger partial charge in [0, 0.05) is 23.0 Å². The second kappa shape index (κ2) is 8.06. The molecular formula is C27H33NO2. The van der Waals surface area contributed by atoms with Crippen molar-refractivity contribution in [2.24, 2.45) is 0 Å². The van der Waals surface area contributed by atoms with Crippen molar-refractivity contribution in [3.8, 4) is 11.5 Å². The van der Waals surface area contributed by atoms with Crippen molar-refractivity contribution in [2.45, 2.75) is 52.4 Å². The molecule has 0 fully saturated rings. The molecule has 3 rings (SSSR count). The SMILES string of the molecule is COc1cccc(N(c2ccccc2)c2cc(C(C)(C)C)cc(C(C)(C)C)c2O)c1. The van der Waals surface area contributed by atoms with Crippen LogP contribution in [0.2, 0.25) is 0 Å². The smallest absolute Gasteiger partial charge is 0.143 e. The number of hydrogen-bond acceptors (Lipinski definition) is 3. The fourth-order valence-corrected chi connectivity index (χ4v) is 3.55. The summed E-state index contributed by atoms with van der Waals surface area (Å²) < 4.78 is 5.47. The van der Waals surface area contributed by atoms with Crippen molar-refractivity contribution in [1.82, 2.24) is 0 Å². The van der Waals surface area contributed by atoms with E-state index >= 15 is 0 Å². The first-order chi connectivity index (χ1) is 14.0. The lowest BCUT2D eigenvalue weighted by molar-refractivity contribution is 0.415. The second-order valence-corrected chi connectivity index (χ2v) is 9.76. The van der Waals surface area contributed by atoms with Gasteiger partial charge in [-0.2, -0.15) is 0 Å². The molecule has 0 radical (unpaired) electrons. The lowest BCUT2D eigenvalue weighted by Gasteiger charge is -2.32. The zero-order chi connectivity index (χ0) is 22.1. The molecule has 1 N–H and O–H groups in total. The summed E-state index contributed by atoms with van der Waals surface area (Å²) in [6.45, 7) is 13.0. The number of para-hydroxylation sites is 1. The van der Waals surface area contributed by atoms with Crippen LogP contribution in [0.4, 0.5) is 17.1 Å². The fourth-order valence-electron chi connectivity index (χ4n) is 3.55. The number of nitrogens with zero attached hydrogens (tertiary/aromatic N) is 1. The standard InChI is InChI=1S/C27H33NO2/c1-26(2,3)19-16-23(27(4,5)6)25(29)24(17-19)28(20-12-9-8-10-13-20)21-14-11-15-22(18-21)30-7/h8-18,29H,1-7H3. The van der Waals surface area contributed by atoms with Gasteiger partial charge in [-0.15, -0.1) is 0 Å². The van der Waals surface area contributed by atoms with Gasteiger partial charge in [0.15, 0.2) is 0 Å². The Morgan fingerprint density at radius 1 is 0.733 bits per heavy atom. The minimum absolute atomic E-state index is 0.0564. The molecule has 0 saturated heterocycles. The molecule has 158 valence electrons. The van der Waals surface area contributed by atoms with Crippen molar-refractivity contribution < 1.29 is 9.84 Å². The third-order valence-electron chi connectivity index (χ3n) is 5.33. The second-order valence-electron chi connectivity index (χ2n) is 9.76. The van der Waals surface area contributed by atoms with E-state index in [1.165, 1.54) is 5.56 Å². The van der Waals surface area contributed by atoms with E-state index in [2.05, 4.69) is 70.7 Å². The molecule has 3 aromatic carbocycles. The molecule has 3 nitrogen and oxygen atoms in total. The first-order valence-corrected chi connectivity index (χ1v) is 10.4. The molecule has 0 spiro atoms. The predicted molar refractivity (Wildman–Crippen MR) is 127 cm³/mol. The van der Waals surface area contributed by atoms with Crippen LogP contribution in [0.25, 0.3) is 0 Å². The van der Waals surface area contributed by atoms with E-state index in [0.29, 0.717) is 5.75 Å². The first-order valence-electron chi connectivity index (χ1n) is 10.4. The first kappa shape index (κ1) is 21.8. The van der Waals surface area contributed by atoms with Crippen LogP contribution in [-0.2, 0) is 10.8 Å². The van der Waals surface area contributed by atoms with Crippen molar-refractivity contribution in [1.29, 1.82) is 0 Å². The van der Waals surface area contributed by atoms with E-state index in [1.807, 2.05) is 42.5 Å². The van der Waals surface area contributed by atoms with Gasteiger partial charge >= 0.3 is 0 Å². The van der Waals surface area contributed by atoms with Crippen LogP contribution in [0.1, 0.15) is 52.7 Å². The Morgan fingerprint density at radius 3 is 1.93 bits per heavy atom. The molecule has 0 saturated carbocycles. The lowest BCUT2D eigenvalue weighted by atomic mass is 9.79. The minimum Gasteiger partial charge on any atom is -0.505 e. The normalized spacial score (nSPS) is 12.0. The van der Waals surface area contributed by atoms with Gasteiger partial charge in [0.1, 0.15) is 11.5 Å². The highest BCUT2D eigenvalue weighted by atomic mass is 16.5. The number of rotatable bonds is 4. The van der Waals surface area contributed by atoms with E-state index in [9.17, 15) is 5.11 Å². The fraction of sp³-hybridized carbons (Fsp3) is 0.333. The van der Waals surface area contributed by atoms with Crippen molar-refractivity contribution in [3.05, 3.63) is 77.9 Å². The van der Waals surface area contributed by atoms with Crippen molar-refractivity contribution >= 4 is 17.1 Å². The van der Waals surface area contributed by atoms with Crippen LogP contribution in [0, 0.1) is 0 Å². The highest BCUT2D eigenvalue weighted by Gasteiger charge is 2.28. The van der Waals surface area contributed by atoms with Gasteiger partial charge < -0.3 is 14.7 Å². The number of phenols is 1. The predicted octanol–water partition coefficient (Wildman–Crippen LogP) is 7.47. The van der Waals surface area contributed by atoms with Gasteiger partial charge in [0.25, 0.3) is 0 Å². The van der Waals surface area contributed by atoms with Crippen LogP contribution in [0.5, 0.6) is 11.5 Å². The summed E-state index contributed by atoms with van der Waals surface area (Å²) in [6, 6.07) is 22.3. The van der Waals surface area contributed by atoms with E-state index in [1.54, 1.807) is 7.11 Å². The lowest BCUT2D eigenvalue weighted by Crippen LogP contribution is -2.19. The number of anilines is 3. The van der Waals surface area contributed by atoms with Gasteiger partial charge in [-0.3, -0.25) is 0 Å². The number of methoxy groups -OCH3 is 1. The van der Waals surface area contributed by atoms with Gasteiger partial charge in [0.2, 0.25) is 0 Å². The van der Waals surface area contributed by atoms with Crippen LogP contribution in [0.3, 0.4) is 0 Å². The molecular weight excluding hydrogens is 370 g/mol. The third-order valence-corrected chi connectivity index (χ3v) is 5.33. The molecule has 0 aliphatic heterocycles. The maximum Gasteiger partial charge on any atom is 0.143 e. The molecule has 0 atom stereocenters. The van der Waals surface area contributed by atoms with E-state index < -0.39 is 0 Å². The zero-order valence-corrected chi connectivity index (χ0v) is 19.2. The van der Waals surface area contributed by atoms with Gasteiger partial charge in [-0.25, -0.2) is 0 Å². The zero-order valence-electron chi connectivity index (χ0n) is 19.2. The van der Waals surface area contributed by atoms with E-state index in [4.69, 9.17) is 4.74 Å². The highest BCUT2D eigenvalue weighted by Crippen LogP contribution is 2.47. The van der Waals surface area contributed by atoms with Gasteiger partial charge in [-0.1, -0.05) is 71.9 Å². The average Bonchev–Trinajstić information content (AvgIpc) is 2.68. The Bertz CT molecular complexity index is 1010. The Kier molecular flexibility index (Phi) is 5.85. The Morgan fingerprint density at radius 2 is 1.37 bits per heavy atom. The topological polar surface area (TPSA) is 32.7 Å². The molecule has 0 unspecified atom stereocenters. The van der Waals surface area contributed by atoms with Crippen LogP contribution in [0.15, 0.2) is 66.7 Å². The molecule has 0 heterocycles. The van der Waals surface area contributed by atoms with E-state index in [-0.39, 0.29) is 10.8 Å². The molecule has 3 aromatic rings. The molecule has 0 aliphatic rings. The number of phenolic OH excluding ortho intramolecular Hbond substituents is 1.